The Morgan fingerprint density at radius 2 is 2.00 bits per heavy atom. The Hall–Kier alpha value is -1.04. The minimum atomic E-state index is -0.770. The van der Waals surface area contributed by atoms with Crippen molar-refractivity contribution in [2.45, 2.75) is 12.8 Å². The van der Waals surface area contributed by atoms with Gasteiger partial charge in [-0.2, -0.15) is 0 Å². The number of nitrogens with one attached hydrogen (secondary N) is 1. The van der Waals surface area contributed by atoms with Crippen LogP contribution in [0.25, 0.3) is 0 Å². The maximum Gasteiger partial charge on any atom is 0.317 e. The summed E-state index contributed by atoms with van der Waals surface area (Å²) in [5.74, 6) is -1.08. The molecule has 0 bridgehead atoms. The molecule has 2 N–H and O–H groups in total. The number of carboxylic acids is 1. The van der Waals surface area contributed by atoms with Gasteiger partial charge >= 0.3 is 12.0 Å². The largest absolute Gasteiger partial charge is 0.481 e. The van der Waals surface area contributed by atoms with Crippen molar-refractivity contribution in [1.82, 2.24) is 10.2 Å². The number of carbonyl (C=O) groups excluding carboxylic acids is 1. The van der Waals surface area contributed by atoms with Crippen LogP contribution in [0.1, 0.15) is 12.8 Å². The molecule has 0 unspecified atom stereocenters. The monoisotopic (exact) mass is 290 g/mol. The molecule has 1 aliphatic rings. The lowest BCUT2D eigenvalue weighted by Gasteiger charge is -2.30. The van der Waals surface area contributed by atoms with Crippen LogP contribution in [-0.4, -0.2) is 41.6 Å². The molecule has 0 aromatic carbocycles. The van der Waals surface area contributed by atoms with Gasteiger partial charge in [0, 0.05) is 17.6 Å². The number of urea groups is 1. The number of carboxylic acid groups (broad SMARTS) is 1. The lowest BCUT2D eigenvalue weighted by atomic mass is 9.97. The molecule has 0 saturated carbocycles. The molecule has 0 aromatic rings. The number of halogens is 1. The van der Waals surface area contributed by atoms with E-state index in [1.807, 2.05) is 0 Å². The summed E-state index contributed by atoms with van der Waals surface area (Å²) in [6.45, 7) is 4.99. The molecule has 2 amide bonds. The highest BCUT2D eigenvalue weighted by Gasteiger charge is 2.26. The SMILES string of the molecule is C=C(Br)CNC(=O)N1CCC(C(=O)O)CC1. The van der Waals surface area contributed by atoms with E-state index >= 15 is 0 Å². The van der Waals surface area contributed by atoms with Crippen molar-refractivity contribution in [3.8, 4) is 0 Å². The Bertz CT molecular complexity index is 298. The van der Waals surface area contributed by atoms with E-state index in [1.165, 1.54) is 0 Å². The molecule has 16 heavy (non-hydrogen) atoms. The van der Waals surface area contributed by atoms with Crippen LogP contribution in [0.15, 0.2) is 11.1 Å². The molecule has 90 valence electrons. The zero-order valence-electron chi connectivity index (χ0n) is 8.91. The van der Waals surface area contributed by atoms with E-state index in [-0.39, 0.29) is 11.9 Å². The predicted octanol–water partition coefficient (Wildman–Crippen LogP) is 1.40. The fraction of sp³-hybridized carbons (Fsp3) is 0.600. The Morgan fingerprint density at radius 3 is 2.44 bits per heavy atom. The third-order valence-electron chi connectivity index (χ3n) is 2.56. The number of nitrogens with zero attached hydrogens (tertiary/aromatic N) is 1. The molecule has 0 aromatic heterocycles. The molecule has 6 heteroatoms. The Kier molecular flexibility index (Phi) is 4.79. The third kappa shape index (κ3) is 3.84. The van der Waals surface area contributed by atoms with Crippen LogP contribution in [-0.2, 0) is 4.79 Å². The second-order valence-electron chi connectivity index (χ2n) is 3.78. The number of hydrogen-bond donors (Lipinski definition) is 2. The molecule has 1 heterocycles. The Morgan fingerprint density at radius 1 is 1.44 bits per heavy atom. The predicted molar refractivity (Wildman–Crippen MR) is 63.4 cm³/mol. The molecule has 1 rings (SSSR count). The van der Waals surface area contributed by atoms with Gasteiger partial charge in [-0.25, -0.2) is 4.79 Å². The van der Waals surface area contributed by atoms with E-state index in [0.29, 0.717) is 37.0 Å². The topological polar surface area (TPSA) is 69.6 Å². The van der Waals surface area contributed by atoms with E-state index in [1.54, 1.807) is 4.90 Å². The summed E-state index contributed by atoms with van der Waals surface area (Å²) in [5.41, 5.74) is 0. The van der Waals surface area contributed by atoms with Gasteiger partial charge in [-0.05, 0) is 12.8 Å². The van der Waals surface area contributed by atoms with Crippen molar-refractivity contribution >= 4 is 27.9 Å². The first-order valence-corrected chi connectivity index (χ1v) is 5.89. The van der Waals surface area contributed by atoms with E-state index in [2.05, 4.69) is 27.8 Å². The van der Waals surface area contributed by atoms with Crippen LogP contribution in [0, 0.1) is 5.92 Å². The van der Waals surface area contributed by atoms with Gasteiger partial charge in [-0.3, -0.25) is 4.79 Å². The summed E-state index contributed by atoms with van der Waals surface area (Å²) in [4.78, 5) is 23.9. The Balaban J connectivity index is 2.33. The highest BCUT2D eigenvalue weighted by atomic mass is 79.9. The van der Waals surface area contributed by atoms with Crippen molar-refractivity contribution in [1.29, 1.82) is 0 Å². The third-order valence-corrected chi connectivity index (χ3v) is 2.84. The molecule has 0 aliphatic carbocycles. The number of rotatable bonds is 3. The number of hydrogen-bond acceptors (Lipinski definition) is 2. The number of likely N-dealkylation sites (tertiary alicyclic amines) is 1. The lowest BCUT2D eigenvalue weighted by Crippen LogP contribution is -2.45. The first-order chi connectivity index (χ1) is 7.50. The molecule has 1 aliphatic heterocycles. The molecule has 1 saturated heterocycles. The number of piperidine rings is 1. The van der Waals surface area contributed by atoms with Crippen molar-refractivity contribution < 1.29 is 14.7 Å². The first kappa shape index (κ1) is 13.0. The van der Waals surface area contributed by atoms with Gasteiger partial charge in [0.1, 0.15) is 0 Å². The number of aliphatic carboxylic acids is 1. The number of amides is 2. The highest BCUT2D eigenvalue weighted by molar-refractivity contribution is 9.11. The van der Waals surface area contributed by atoms with Gasteiger partial charge in [0.05, 0.1) is 12.5 Å². The molecule has 0 atom stereocenters. The van der Waals surface area contributed by atoms with Crippen molar-refractivity contribution in [2.75, 3.05) is 19.6 Å². The van der Waals surface area contributed by atoms with Gasteiger partial charge in [0.25, 0.3) is 0 Å². The molecule has 1 fully saturated rings. The number of carbonyl (C=O) groups is 2. The zero-order chi connectivity index (χ0) is 12.1. The van der Waals surface area contributed by atoms with E-state index < -0.39 is 5.97 Å². The summed E-state index contributed by atoms with van der Waals surface area (Å²) in [6.07, 6.45) is 1.05. The first-order valence-electron chi connectivity index (χ1n) is 5.09. The second-order valence-corrected chi connectivity index (χ2v) is 4.90. The fourth-order valence-electron chi connectivity index (χ4n) is 1.61. The van der Waals surface area contributed by atoms with Crippen LogP contribution in [0.5, 0.6) is 0 Å². The molecular weight excluding hydrogens is 276 g/mol. The van der Waals surface area contributed by atoms with Crippen LogP contribution in [0.2, 0.25) is 0 Å². The quantitative estimate of drug-likeness (QED) is 0.825. The van der Waals surface area contributed by atoms with Gasteiger partial charge in [-0.1, -0.05) is 22.5 Å². The molecular formula is C10H15BrN2O3. The summed E-state index contributed by atoms with van der Waals surface area (Å²) < 4.78 is 0.710. The molecule has 0 radical (unpaired) electrons. The summed E-state index contributed by atoms with van der Waals surface area (Å²) in [7, 11) is 0. The van der Waals surface area contributed by atoms with E-state index in [4.69, 9.17) is 5.11 Å². The minimum Gasteiger partial charge on any atom is -0.481 e. The van der Waals surface area contributed by atoms with Crippen LogP contribution in [0.4, 0.5) is 4.79 Å². The fourth-order valence-corrected chi connectivity index (χ4v) is 1.75. The highest BCUT2D eigenvalue weighted by Crippen LogP contribution is 2.17. The maximum atomic E-state index is 11.6. The van der Waals surface area contributed by atoms with Gasteiger partial charge in [0.15, 0.2) is 0 Å². The minimum absolute atomic E-state index is 0.163. The average Bonchev–Trinajstić information content (AvgIpc) is 2.26. The van der Waals surface area contributed by atoms with Crippen LogP contribution in [0.3, 0.4) is 0 Å². The van der Waals surface area contributed by atoms with E-state index in [0.717, 1.165) is 0 Å². The smallest absolute Gasteiger partial charge is 0.317 e. The normalized spacial score (nSPS) is 16.9. The van der Waals surface area contributed by atoms with Crippen molar-refractivity contribution in [3.05, 3.63) is 11.1 Å². The molecule has 5 nitrogen and oxygen atoms in total. The standard InChI is InChI=1S/C10H15BrN2O3/c1-7(11)6-12-10(16)13-4-2-8(3-5-13)9(14)15/h8H,1-6H2,(H,12,16)(H,14,15). The van der Waals surface area contributed by atoms with Gasteiger partial charge in [-0.15, -0.1) is 0 Å². The second kappa shape index (κ2) is 5.89. The summed E-state index contributed by atoms with van der Waals surface area (Å²) >= 11 is 3.15. The van der Waals surface area contributed by atoms with Gasteiger partial charge in [0.2, 0.25) is 0 Å². The lowest BCUT2D eigenvalue weighted by molar-refractivity contribution is -0.143. The van der Waals surface area contributed by atoms with Gasteiger partial charge < -0.3 is 15.3 Å². The van der Waals surface area contributed by atoms with E-state index in [9.17, 15) is 9.59 Å². The summed E-state index contributed by atoms with van der Waals surface area (Å²) in [6, 6.07) is -0.163. The van der Waals surface area contributed by atoms with Crippen molar-refractivity contribution in [2.24, 2.45) is 5.92 Å². The maximum absolute atomic E-state index is 11.6. The van der Waals surface area contributed by atoms with Crippen LogP contribution < -0.4 is 5.32 Å². The zero-order valence-corrected chi connectivity index (χ0v) is 10.5. The average molecular weight is 291 g/mol. The summed E-state index contributed by atoms with van der Waals surface area (Å²) in [5, 5.41) is 11.5. The Labute approximate surface area is 103 Å². The van der Waals surface area contributed by atoms with Crippen molar-refractivity contribution in [3.63, 3.8) is 0 Å². The molecule has 0 spiro atoms. The van der Waals surface area contributed by atoms with Crippen LogP contribution >= 0.6 is 15.9 Å².